The highest BCUT2D eigenvalue weighted by atomic mass is 16.5. The summed E-state index contributed by atoms with van der Waals surface area (Å²) in [5.74, 6) is 0.822. The number of hydrogen-bond donors (Lipinski definition) is 0. The molecule has 0 aliphatic heterocycles. The lowest BCUT2D eigenvalue weighted by molar-refractivity contribution is 0.100. The zero-order valence-electron chi connectivity index (χ0n) is 14.1. The average Bonchev–Trinajstić information content (AvgIpc) is 2.69. The van der Waals surface area contributed by atoms with Crippen molar-refractivity contribution in [1.82, 2.24) is 0 Å². The molecule has 3 aromatic rings. The van der Waals surface area contributed by atoms with Gasteiger partial charge in [0.2, 0.25) is 0 Å². The van der Waals surface area contributed by atoms with Crippen LogP contribution in [0.1, 0.15) is 22.3 Å². The Morgan fingerprint density at radius 2 is 1.40 bits per heavy atom. The van der Waals surface area contributed by atoms with Crippen molar-refractivity contribution in [2.45, 2.75) is 6.42 Å². The summed E-state index contributed by atoms with van der Waals surface area (Å²) in [7, 11) is 1.63. The predicted octanol–water partition coefficient (Wildman–Crippen LogP) is 5.09. The lowest BCUT2D eigenvalue weighted by atomic mass is 10.0. The second kappa shape index (κ2) is 8.06. The number of para-hydroxylation sites is 1. The molecule has 0 atom stereocenters. The van der Waals surface area contributed by atoms with Crippen molar-refractivity contribution in [2.75, 3.05) is 7.11 Å². The molecule has 0 aromatic heterocycles. The maximum atomic E-state index is 12.6. The van der Waals surface area contributed by atoms with Gasteiger partial charge >= 0.3 is 0 Å². The van der Waals surface area contributed by atoms with E-state index in [1.807, 2.05) is 84.9 Å². The highest BCUT2D eigenvalue weighted by Crippen LogP contribution is 2.19. The summed E-state index contributed by atoms with van der Waals surface area (Å²) >= 11 is 0. The van der Waals surface area contributed by atoms with Gasteiger partial charge in [-0.05, 0) is 42.0 Å². The predicted molar refractivity (Wildman–Crippen MR) is 101 cm³/mol. The summed E-state index contributed by atoms with van der Waals surface area (Å²) in [6.45, 7) is 0. The molecule has 0 heterocycles. The number of rotatable bonds is 6. The summed E-state index contributed by atoms with van der Waals surface area (Å²) in [4.78, 5) is 17.3. The quantitative estimate of drug-likeness (QED) is 0.467. The van der Waals surface area contributed by atoms with Gasteiger partial charge in [-0.3, -0.25) is 9.79 Å². The van der Waals surface area contributed by atoms with E-state index in [1.54, 1.807) is 7.11 Å². The number of Topliss-reactive ketones (excluding diaryl/α,β-unsaturated/α-hetero) is 1. The van der Waals surface area contributed by atoms with E-state index < -0.39 is 0 Å². The minimum absolute atomic E-state index is 0.0473. The van der Waals surface area contributed by atoms with Gasteiger partial charge in [-0.1, -0.05) is 48.5 Å². The molecule has 0 aliphatic rings. The Kier molecular flexibility index (Phi) is 5.37. The number of carbonyl (C=O) groups is 1. The number of aliphatic imine (C=N–C) groups is 1. The van der Waals surface area contributed by atoms with Gasteiger partial charge in [-0.2, -0.15) is 0 Å². The molecule has 25 heavy (non-hydrogen) atoms. The van der Waals surface area contributed by atoms with E-state index in [2.05, 4.69) is 0 Å². The molecule has 3 rings (SSSR count). The average molecular weight is 329 g/mol. The number of ketones is 1. The van der Waals surface area contributed by atoms with Crippen LogP contribution in [0.4, 0.5) is 5.69 Å². The standard InChI is InChI=1S/C22H19NO2/c1-25-20-14-12-17(13-15-20)21(23-19-10-6-3-7-11-19)16-22(24)18-8-4-2-5-9-18/h2-15H,16H2,1H3. The van der Waals surface area contributed by atoms with Crippen LogP contribution in [-0.4, -0.2) is 18.6 Å². The zero-order valence-corrected chi connectivity index (χ0v) is 14.1. The van der Waals surface area contributed by atoms with Crippen LogP contribution in [0.15, 0.2) is 89.9 Å². The van der Waals surface area contributed by atoms with E-state index in [0.29, 0.717) is 5.56 Å². The maximum Gasteiger partial charge on any atom is 0.168 e. The fourth-order valence-electron chi connectivity index (χ4n) is 2.53. The third kappa shape index (κ3) is 4.42. The molecule has 0 fully saturated rings. The fourth-order valence-corrected chi connectivity index (χ4v) is 2.53. The molecule has 124 valence electrons. The number of benzene rings is 3. The molecular formula is C22H19NO2. The molecule has 3 aromatic carbocycles. The molecule has 0 amide bonds. The van der Waals surface area contributed by atoms with E-state index in [4.69, 9.17) is 9.73 Å². The first-order valence-corrected chi connectivity index (χ1v) is 8.11. The van der Waals surface area contributed by atoms with Crippen molar-refractivity contribution in [2.24, 2.45) is 4.99 Å². The van der Waals surface area contributed by atoms with E-state index in [1.165, 1.54) is 0 Å². The van der Waals surface area contributed by atoms with Crippen LogP contribution in [0.5, 0.6) is 5.75 Å². The van der Waals surface area contributed by atoms with E-state index >= 15 is 0 Å². The van der Waals surface area contributed by atoms with Crippen LogP contribution in [-0.2, 0) is 0 Å². The molecule has 0 saturated heterocycles. The van der Waals surface area contributed by atoms with E-state index in [9.17, 15) is 4.79 Å². The first-order chi connectivity index (χ1) is 12.3. The molecule has 3 heteroatoms. The first kappa shape index (κ1) is 16.7. The Bertz CT molecular complexity index is 854. The van der Waals surface area contributed by atoms with E-state index in [-0.39, 0.29) is 12.2 Å². The minimum atomic E-state index is 0.0473. The van der Waals surface area contributed by atoms with Crippen LogP contribution in [0, 0.1) is 0 Å². The van der Waals surface area contributed by atoms with Crippen LogP contribution < -0.4 is 4.74 Å². The topological polar surface area (TPSA) is 38.7 Å². The minimum Gasteiger partial charge on any atom is -0.497 e. The van der Waals surface area contributed by atoms with E-state index in [0.717, 1.165) is 22.7 Å². The summed E-state index contributed by atoms with van der Waals surface area (Å²) in [6.07, 6.45) is 0.241. The fraction of sp³-hybridized carbons (Fsp3) is 0.0909. The molecule has 0 saturated carbocycles. The van der Waals surface area contributed by atoms with Gasteiger partial charge in [0, 0.05) is 5.56 Å². The zero-order chi connectivity index (χ0) is 17.5. The van der Waals surface area contributed by atoms with Gasteiger partial charge < -0.3 is 4.74 Å². The highest BCUT2D eigenvalue weighted by Gasteiger charge is 2.12. The second-order valence-electron chi connectivity index (χ2n) is 5.59. The summed E-state index contributed by atoms with van der Waals surface area (Å²) in [5, 5.41) is 0. The number of carbonyl (C=O) groups excluding carboxylic acids is 1. The Morgan fingerprint density at radius 1 is 0.800 bits per heavy atom. The molecule has 3 nitrogen and oxygen atoms in total. The van der Waals surface area contributed by atoms with Crippen LogP contribution in [0.2, 0.25) is 0 Å². The van der Waals surface area contributed by atoms with Gasteiger partial charge in [-0.15, -0.1) is 0 Å². The molecule has 0 spiro atoms. The summed E-state index contributed by atoms with van der Waals surface area (Å²) in [6, 6.07) is 26.6. The lowest BCUT2D eigenvalue weighted by Crippen LogP contribution is -2.09. The number of hydrogen-bond acceptors (Lipinski definition) is 3. The van der Waals surface area contributed by atoms with Gasteiger partial charge in [0.25, 0.3) is 0 Å². The number of ether oxygens (including phenoxy) is 1. The SMILES string of the molecule is COc1ccc(C(CC(=O)c2ccccc2)=Nc2ccccc2)cc1. The number of nitrogens with zero attached hydrogens (tertiary/aromatic N) is 1. The molecule has 0 aliphatic carbocycles. The van der Waals surface area contributed by atoms with Crippen molar-refractivity contribution in [3.8, 4) is 5.75 Å². The third-order valence-corrected chi connectivity index (χ3v) is 3.87. The smallest absolute Gasteiger partial charge is 0.168 e. The first-order valence-electron chi connectivity index (χ1n) is 8.11. The van der Waals surface area contributed by atoms with Crippen LogP contribution in [0.25, 0.3) is 0 Å². The Hall–Kier alpha value is -3.20. The maximum absolute atomic E-state index is 12.6. The van der Waals surface area contributed by atoms with Gasteiger partial charge in [0.05, 0.1) is 24.9 Å². The van der Waals surface area contributed by atoms with Crippen molar-refractivity contribution >= 4 is 17.2 Å². The van der Waals surface area contributed by atoms with Crippen LogP contribution in [0.3, 0.4) is 0 Å². The number of methoxy groups -OCH3 is 1. The second-order valence-corrected chi connectivity index (χ2v) is 5.59. The van der Waals surface area contributed by atoms with Gasteiger partial charge in [0.15, 0.2) is 5.78 Å². The normalized spacial score (nSPS) is 11.2. The largest absolute Gasteiger partial charge is 0.497 e. The lowest BCUT2D eigenvalue weighted by Gasteiger charge is -2.08. The Labute approximate surface area is 147 Å². The monoisotopic (exact) mass is 329 g/mol. The van der Waals surface area contributed by atoms with Gasteiger partial charge in [0.1, 0.15) is 5.75 Å². The van der Waals surface area contributed by atoms with Crippen molar-refractivity contribution in [3.63, 3.8) is 0 Å². The molecule has 0 radical (unpaired) electrons. The third-order valence-electron chi connectivity index (χ3n) is 3.87. The molecule has 0 N–H and O–H groups in total. The molecular weight excluding hydrogens is 310 g/mol. The summed E-state index contributed by atoms with van der Waals surface area (Å²) in [5.41, 5.74) is 3.17. The Morgan fingerprint density at radius 3 is 2.00 bits per heavy atom. The van der Waals surface area contributed by atoms with Crippen molar-refractivity contribution < 1.29 is 9.53 Å². The molecule has 0 unspecified atom stereocenters. The van der Waals surface area contributed by atoms with Crippen molar-refractivity contribution in [1.29, 1.82) is 0 Å². The molecule has 0 bridgehead atoms. The highest BCUT2D eigenvalue weighted by molar-refractivity contribution is 6.16. The summed E-state index contributed by atoms with van der Waals surface area (Å²) < 4.78 is 5.21. The van der Waals surface area contributed by atoms with Crippen LogP contribution >= 0.6 is 0 Å². The van der Waals surface area contributed by atoms with Gasteiger partial charge in [-0.25, -0.2) is 0 Å². The Balaban J connectivity index is 1.94. The van der Waals surface area contributed by atoms with Crippen molar-refractivity contribution in [3.05, 3.63) is 96.1 Å².